The molecule has 1 N–H and O–H groups in total. The summed E-state index contributed by atoms with van der Waals surface area (Å²) in [6.45, 7) is 2.08. The highest BCUT2D eigenvalue weighted by molar-refractivity contribution is 6.08. The lowest BCUT2D eigenvalue weighted by atomic mass is 9.96. The molecule has 132 valence electrons. The van der Waals surface area contributed by atoms with Crippen LogP contribution < -0.4 is 0 Å². The Morgan fingerprint density at radius 1 is 1.48 bits per heavy atom. The van der Waals surface area contributed by atoms with Gasteiger partial charge in [0.25, 0.3) is 11.6 Å². The summed E-state index contributed by atoms with van der Waals surface area (Å²) in [6.07, 6.45) is 1.48. The Kier molecular flexibility index (Phi) is 4.54. The molecule has 8 nitrogen and oxygen atoms in total. The minimum absolute atomic E-state index is 0.0384. The van der Waals surface area contributed by atoms with E-state index < -0.39 is 28.4 Å². The number of ketones is 1. The average molecular weight is 346 g/mol. The first-order valence-electron chi connectivity index (χ1n) is 8.01. The van der Waals surface area contributed by atoms with Crippen LogP contribution in [0.4, 0.5) is 5.69 Å². The number of rotatable bonds is 5. The standard InChI is InChI=1S/C17H18N2O6/c1-10(20)14-15(11-4-2-5-12(8-11)19(23)24)18(17(22)16(14)21)9-13-6-3-7-25-13/h2,4-5,8,13,15,21H,3,6-7,9H2,1H3/t13-,15-/m0/s1. The third-order valence-electron chi connectivity index (χ3n) is 4.50. The lowest BCUT2D eigenvalue weighted by molar-refractivity contribution is -0.384. The van der Waals surface area contributed by atoms with Crippen molar-refractivity contribution in [3.05, 3.63) is 51.3 Å². The number of benzene rings is 1. The highest BCUT2D eigenvalue weighted by Crippen LogP contribution is 2.39. The fourth-order valence-corrected chi connectivity index (χ4v) is 3.36. The molecule has 2 heterocycles. The van der Waals surface area contributed by atoms with E-state index in [-0.39, 0.29) is 23.9 Å². The predicted molar refractivity (Wildman–Crippen MR) is 86.9 cm³/mol. The van der Waals surface area contributed by atoms with E-state index in [1.165, 1.54) is 30.0 Å². The van der Waals surface area contributed by atoms with Gasteiger partial charge < -0.3 is 14.7 Å². The summed E-state index contributed by atoms with van der Waals surface area (Å²) < 4.78 is 5.55. The minimum Gasteiger partial charge on any atom is -0.503 e. The molecule has 0 aliphatic carbocycles. The number of aliphatic hydroxyl groups is 1. The summed E-state index contributed by atoms with van der Waals surface area (Å²) in [5.74, 6) is -1.70. The zero-order chi connectivity index (χ0) is 18.1. The molecule has 0 bridgehead atoms. The number of nitro groups is 1. The molecule has 0 radical (unpaired) electrons. The third kappa shape index (κ3) is 3.12. The molecule has 1 aromatic carbocycles. The molecule has 3 rings (SSSR count). The van der Waals surface area contributed by atoms with E-state index in [1.807, 2.05) is 0 Å². The number of carbonyl (C=O) groups excluding carboxylic acids is 2. The quantitative estimate of drug-likeness (QED) is 0.645. The zero-order valence-electron chi connectivity index (χ0n) is 13.7. The first-order chi connectivity index (χ1) is 11.9. The molecule has 0 aromatic heterocycles. The van der Waals surface area contributed by atoms with E-state index in [4.69, 9.17) is 4.74 Å². The lowest BCUT2D eigenvalue weighted by Crippen LogP contribution is -2.37. The molecular weight excluding hydrogens is 328 g/mol. The first-order valence-corrected chi connectivity index (χ1v) is 8.01. The van der Waals surface area contributed by atoms with Gasteiger partial charge in [0.1, 0.15) is 0 Å². The van der Waals surface area contributed by atoms with Gasteiger partial charge in [-0.25, -0.2) is 0 Å². The fourth-order valence-electron chi connectivity index (χ4n) is 3.36. The third-order valence-corrected chi connectivity index (χ3v) is 4.50. The van der Waals surface area contributed by atoms with Gasteiger partial charge in [0, 0.05) is 25.3 Å². The molecule has 1 fully saturated rings. The average Bonchev–Trinajstić information content (AvgIpc) is 3.17. The summed E-state index contributed by atoms with van der Waals surface area (Å²) in [4.78, 5) is 36.4. The highest BCUT2D eigenvalue weighted by atomic mass is 16.6. The molecule has 0 saturated carbocycles. The smallest absolute Gasteiger partial charge is 0.290 e. The fraction of sp³-hybridized carbons (Fsp3) is 0.412. The Balaban J connectivity index is 2.02. The number of amides is 1. The molecule has 2 aliphatic rings. The Hall–Kier alpha value is -2.74. The summed E-state index contributed by atoms with van der Waals surface area (Å²) in [7, 11) is 0. The normalized spacial score (nSPS) is 23.4. The number of nitro benzene ring substituents is 1. The van der Waals surface area contributed by atoms with Gasteiger partial charge in [0.15, 0.2) is 11.5 Å². The van der Waals surface area contributed by atoms with E-state index in [9.17, 15) is 24.8 Å². The van der Waals surface area contributed by atoms with Crippen LogP contribution in [0.5, 0.6) is 0 Å². The summed E-state index contributed by atoms with van der Waals surface area (Å²) >= 11 is 0. The van der Waals surface area contributed by atoms with Gasteiger partial charge in [-0.2, -0.15) is 0 Å². The minimum atomic E-state index is -0.853. The second-order valence-corrected chi connectivity index (χ2v) is 6.17. The molecule has 25 heavy (non-hydrogen) atoms. The van der Waals surface area contributed by atoms with Crippen molar-refractivity contribution in [3.8, 4) is 0 Å². The number of ether oxygens (including phenoxy) is 1. The molecule has 1 amide bonds. The Labute approximate surface area is 143 Å². The van der Waals surface area contributed by atoms with E-state index >= 15 is 0 Å². The highest BCUT2D eigenvalue weighted by Gasteiger charge is 2.43. The van der Waals surface area contributed by atoms with Crippen LogP contribution in [0.15, 0.2) is 35.6 Å². The Bertz CT molecular complexity index is 766. The zero-order valence-corrected chi connectivity index (χ0v) is 13.7. The molecule has 2 aliphatic heterocycles. The number of Topliss-reactive ketones (excluding diaryl/α,β-unsaturated/α-hetero) is 1. The number of non-ortho nitro benzene ring substituents is 1. The van der Waals surface area contributed by atoms with Crippen LogP contribution in [0, 0.1) is 10.1 Å². The van der Waals surface area contributed by atoms with E-state index in [2.05, 4.69) is 0 Å². The van der Waals surface area contributed by atoms with Crippen molar-refractivity contribution >= 4 is 17.4 Å². The van der Waals surface area contributed by atoms with Crippen molar-refractivity contribution in [2.45, 2.75) is 31.9 Å². The molecule has 1 aromatic rings. The van der Waals surface area contributed by atoms with Gasteiger partial charge in [0.05, 0.1) is 22.6 Å². The summed E-state index contributed by atoms with van der Waals surface area (Å²) in [5.41, 5.74) is 0.231. The molecular formula is C17H18N2O6. The van der Waals surface area contributed by atoms with Gasteiger partial charge in [-0.1, -0.05) is 12.1 Å². The maximum Gasteiger partial charge on any atom is 0.290 e. The lowest BCUT2D eigenvalue weighted by Gasteiger charge is -2.28. The molecule has 2 atom stereocenters. The SMILES string of the molecule is CC(=O)C1=C(O)C(=O)N(C[C@@H]2CCCO2)[C@H]1c1cccc([N+](=O)[O-])c1. The number of aliphatic hydroxyl groups excluding tert-OH is 1. The van der Waals surface area contributed by atoms with Gasteiger partial charge in [-0.15, -0.1) is 0 Å². The molecule has 0 unspecified atom stereocenters. The molecule has 1 saturated heterocycles. The Morgan fingerprint density at radius 3 is 2.84 bits per heavy atom. The maximum absolute atomic E-state index is 12.5. The largest absolute Gasteiger partial charge is 0.503 e. The first kappa shape index (κ1) is 17.1. The van der Waals surface area contributed by atoms with Crippen LogP contribution >= 0.6 is 0 Å². The number of hydrogen-bond donors (Lipinski definition) is 1. The van der Waals surface area contributed by atoms with Crippen molar-refractivity contribution in [3.63, 3.8) is 0 Å². The second-order valence-electron chi connectivity index (χ2n) is 6.17. The number of carbonyl (C=O) groups is 2. The van der Waals surface area contributed by atoms with Crippen LogP contribution in [0.1, 0.15) is 31.4 Å². The van der Waals surface area contributed by atoms with Crippen molar-refractivity contribution in [2.75, 3.05) is 13.2 Å². The van der Waals surface area contributed by atoms with E-state index in [0.29, 0.717) is 12.2 Å². The van der Waals surface area contributed by atoms with Gasteiger partial charge in [0.2, 0.25) is 0 Å². The summed E-state index contributed by atoms with van der Waals surface area (Å²) in [5, 5.41) is 21.2. The van der Waals surface area contributed by atoms with Crippen molar-refractivity contribution < 1.29 is 24.4 Å². The van der Waals surface area contributed by atoms with Crippen LogP contribution in [0.3, 0.4) is 0 Å². The number of hydrogen-bond acceptors (Lipinski definition) is 6. The Morgan fingerprint density at radius 2 is 2.24 bits per heavy atom. The van der Waals surface area contributed by atoms with Crippen molar-refractivity contribution in [1.29, 1.82) is 0 Å². The van der Waals surface area contributed by atoms with Gasteiger partial charge >= 0.3 is 0 Å². The van der Waals surface area contributed by atoms with E-state index in [0.717, 1.165) is 12.8 Å². The van der Waals surface area contributed by atoms with Crippen molar-refractivity contribution in [2.24, 2.45) is 0 Å². The van der Waals surface area contributed by atoms with Crippen molar-refractivity contribution in [1.82, 2.24) is 4.90 Å². The van der Waals surface area contributed by atoms with Crippen LogP contribution in [-0.4, -0.2) is 45.9 Å². The second kappa shape index (κ2) is 6.64. The van der Waals surface area contributed by atoms with Gasteiger partial charge in [-0.05, 0) is 25.3 Å². The van der Waals surface area contributed by atoms with Gasteiger partial charge in [-0.3, -0.25) is 19.7 Å². The van der Waals surface area contributed by atoms with Crippen LogP contribution in [0.25, 0.3) is 0 Å². The maximum atomic E-state index is 12.5. The monoisotopic (exact) mass is 346 g/mol. The molecule has 8 heteroatoms. The topological polar surface area (TPSA) is 110 Å². The van der Waals surface area contributed by atoms with Crippen LogP contribution in [0.2, 0.25) is 0 Å². The predicted octanol–water partition coefficient (Wildman–Crippen LogP) is 2.06. The molecule has 0 spiro atoms. The number of nitrogens with zero attached hydrogens (tertiary/aromatic N) is 2. The van der Waals surface area contributed by atoms with E-state index in [1.54, 1.807) is 6.07 Å². The summed E-state index contributed by atoms with van der Waals surface area (Å²) in [6, 6.07) is 4.91. The van der Waals surface area contributed by atoms with Crippen LogP contribution in [-0.2, 0) is 14.3 Å².